The van der Waals surface area contributed by atoms with Gasteiger partial charge >= 0.3 is 5.97 Å². The molecule has 0 heterocycles. The Bertz CT molecular complexity index is 377. The van der Waals surface area contributed by atoms with Crippen LogP contribution < -0.4 is 10.1 Å². The van der Waals surface area contributed by atoms with E-state index in [2.05, 4.69) is 10.1 Å². The highest BCUT2D eigenvalue weighted by Gasteiger charge is 2.15. The van der Waals surface area contributed by atoms with E-state index in [0.29, 0.717) is 5.75 Å². The van der Waals surface area contributed by atoms with Crippen molar-refractivity contribution in [2.75, 3.05) is 13.7 Å². The summed E-state index contributed by atoms with van der Waals surface area (Å²) in [5, 5.41) is 2.41. The third-order valence-corrected chi connectivity index (χ3v) is 2.06. The zero-order chi connectivity index (χ0) is 12.7. The summed E-state index contributed by atoms with van der Waals surface area (Å²) in [7, 11) is 1.26. The maximum Gasteiger partial charge on any atom is 0.325 e. The topological polar surface area (TPSA) is 64.6 Å². The Morgan fingerprint density at radius 2 is 1.94 bits per heavy atom. The average Bonchev–Trinajstić information content (AvgIpc) is 2.36. The van der Waals surface area contributed by atoms with Gasteiger partial charge < -0.3 is 14.8 Å². The van der Waals surface area contributed by atoms with Gasteiger partial charge in [-0.2, -0.15) is 0 Å². The van der Waals surface area contributed by atoms with Gasteiger partial charge in [0, 0.05) is 0 Å². The Hall–Kier alpha value is -2.04. The van der Waals surface area contributed by atoms with E-state index in [1.54, 1.807) is 19.1 Å². The summed E-state index contributed by atoms with van der Waals surface area (Å²) < 4.78 is 9.78. The van der Waals surface area contributed by atoms with Crippen molar-refractivity contribution in [2.24, 2.45) is 0 Å². The molecule has 0 aliphatic rings. The lowest BCUT2D eigenvalue weighted by Gasteiger charge is -2.13. The van der Waals surface area contributed by atoms with Crippen molar-refractivity contribution in [2.45, 2.75) is 13.0 Å². The summed E-state index contributed by atoms with van der Waals surface area (Å²) in [6, 6.07) is 8.99. The van der Waals surface area contributed by atoms with E-state index in [0.717, 1.165) is 0 Å². The molecule has 0 bridgehead atoms. The summed E-state index contributed by atoms with van der Waals surface area (Å²) in [5.74, 6) is -0.252. The predicted molar refractivity (Wildman–Crippen MR) is 61.6 cm³/mol. The fourth-order valence-corrected chi connectivity index (χ4v) is 1.13. The van der Waals surface area contributed by atoms with Gasteiger partial charge in [0.1, 0.15) is 12.3 Å². The van der Waals surface area contributed by atoms with Crippen LogP contribution in [0.4, 0.5) is 0 Å². The van der Waals surface area contributed by atoms with Gasteiger partial charge in [-0.1, -0.05) is 18.2 Å². The number of ether oxygens (including phenoxy) is 2. The maximum atomic E-state index is 11.5. The molecule has 0 saturated heterocycles. The molecule has 1 aromatic carbocycles. The van der Waals surface area contributed by atoms with Gasteiger partial charge in [-0.3, -0.25) is 9.59 Å². The molecule has 0 saturated carbocycles. The van der Waals surface area contributed by atoms with Crippen LogP contribution in [0, 0.1) is 0 Å². The highest BCUT2D eigenvalue weighted by molar-refractivity contribution is 5.84. The molecule has 0 fully saturated rings. The van der Waals surface area contributed by atoms with Crippen LogP contribution in [0.1, 0.15) is 6.92 Å². The molecule has 1 atom stereocenters. The summed E-state index contributed by atoms with van der Waals surface area (Å²) >= 11 is 0. The number of para-hydroxylation sites is 1. The fraction of sp³-hybridized carbons (Fsp3) is 0.333. The molecule has 17 heavy (non-hydrogen) atoms. The van der Waals surface area contributed by atoms with Crippen molar-refractivity contribution in [1.82, 2.24) is 5.32 Å². The minimum atomic E-state index is -0.665. The lowest BCUT2D eigenvalue weighted by molar-refractivity contribution is -0.141. The first-order valence-electron chi connectivity index (χ1n) is 5.19. The first-order valence-corrected chi connectivity index (χ1v) is 5.19. The fourth-order valence-electron chi connectivity index (χ4n) is 1.13. The Kier molecular flexibility index (Phi) is 5.00. The highest BCUT2D eigenvalue weighted by atomic mass is 16.5. The lowest BCUT2D eigenvalue weighted by Crippen LogP contribution is -2.39. The van der Waals surface area contributed by atoms with Gasteiger partial charge in [0.05, 0.1) is 7.11 Å². The third kappa shape index (κ3) is 4.55. The zero-order valence-electron chi connectivity index (χ0n) is 9.80. The summed E-state index contributed by atoms with van der Waals surface area (Å²) in [6.07, 6.45) is -0.665. The van der Waals surface area contributed by atoms with Crippen molar-refractivity contribution >= 4 is 11.9 Å². The number of carbonyl (C=O) groups is 2. The Balaban J connectivity index is 2.40. The van der Waals surface area contributed by atoms with E-state index < -0.39 is 12.1 Å². The number of hydrogen-bond donors (Lipinski definition) is 1. The molecule has 0 spiro atoms. The van der Waals surface area contributed by atoms with E-state index in [9.17, 15) is 9.59 Å². The monoisotopic (exact) mass is 237 g/mol. The number of amides is 1. The smallest absolute Gasteiger partial charge is 0.325 e. The molecule has 1 rings (SSSR count). The van der Waals surface area contributed by atoms with Crippen LogP contribution in [-0.2, 0) is 14.3 Å². The van der Waals surface area contributed by atoms with E-state index in [1.807, 2.05) is 18.2 Å². The van der Waals surface area contributed by atoms with Crippen molar-refractivity contribution in [3.8, 4) is 5.75 Å². The first kappa shape index (κ1) is 13.0. The molecule has 0 aliphatic heterocycles. The minimum Gasteiger partial charge on any atom is -0.481 e. The number of nitrogens with one attached hydrogen (secondary N) is 1. The normalized spacial score (nSPS) is 11.4. The van der Waals surface area contributed by atoms with Gasteiger partial charge in [0.25, 0.3) is 5.91 Å². The van der Waals surface area contributed by atoms with Crippen LogP contribution >= 0.6 is 0 Å². The van der Waals surface area contributed by atoms with Gasteiger partial charge in [0.2, 0.25) is 0 Å². The Morgan fingerprint density at radius 1 is 1.29 bits per heavy atom. The van der Waals surface area contributed by atoms with E-state index in [4.69, 9.17) is 4.74 Å². The van der Waals surface area contributed by atoms with Gasteiger partial charge in [-0.15, -0.1) is 0 Å². The number of benzene rings is 1. The average molecular weight is 237 g/mol. The third-order valence-electron chi connectivity index (χ3n) is 2.06. The number of rotatable bonds is 5. The molecule has 5 heteroatoms. The number of carbonyl (C=O) groups excluding carboxylic acids is 2. The number of esters is 1. The molecule has 1 unspecified atom stereocenters. The summed E-state index contributed by atoms with van der Waals surface area (Å²) in [5.41, 5.74) is 0. The second-order valence-electron chi connectivity index (χ2n) is 3.37. The van der Waals surface area contributed by atoms with Crippen molar-refractivity contribution in [3.63, 3.8) is 0 Å². The molecule has 1 aromatic rings. The Labute approximate surface area is 99.7 Å². The maximum absolute atomic E-state index is 11.5. The van der Waals surface area contributed by atoms with Crippen molar-refractivity contribution in [3.05, 3.63) is 30.3 Å². The molecule has 1 amide bonds. The molecule has 0 aromatic heterocycles. The van der Waals surface area contributed by atoms with Crippen LogP contribution in [-0.4, -0.2) is 31.6 Å². The molecular formula is C12H15NO4. The SMILES string of the molecule is COC(=O)CNC(=O)C(C)Oc1ccccc1. The first-order chi connectivity index (χ1) is 8.13. The van der Waals surface area contributed by atoms with Crippen LogP contribution in [0.25, 0.3) is 0 Å². The van der Waals surface area contributed by atoms with E-state index in [-0.39, 0.29) is 12.5 Å². The second kappa shape index (κ2) is 6.52. The standard InChI is InChI=1S/C12H15NO4/c1-9(12(15)13-8-11(14)16-2)17-10-6-4-3-5-7-10/h3-7,9H,8H2,1-2H3,(H,13,15). The lowest BCUT2D eigenvalue weighted by atomic mass is 10.3. The highest BCUT2D eigenvalue weighted by Crippen LogP contribution is 2.10. The molecular weight excluding hydrogens is 222 g/mol. The van der Waals surface area contributed by atoms with Crippen LogP contribution in [0.3, 0.4) is 0 Å². The minimum absolute atomic E-state index is 0.155. The molecule has 0 aliphatic carbocycles. The quantitative estimate of drug-likeness (QED) is 0.767. The van der Waals surface area contributed by atoms with E-state index in [1.165, 1.54) is 7.11 Å². The Morgan fingerprint density at radius 3 is 2.53 bits per heavy atom. The molecule has 1 N–H and O–H groups in total. The predicted octanol–water partition coefficient (Wildman–Crippen LogP) is 0.743. The largest absolute Gasteiger partial charge is 0.481 e. The van der Waals surface area contributed by atoms with E-state index >= 15 is 0 Å². The zero-order valence-corrected chi connectivity index (χ0v) is 9.80. The van der Waals surface area contributed by atoms with Crippen LogP contribution in [0.15, 0.2) is 30.3 Å². The van der Waals surface area contributed by atoms with Crippen LogP contribution in [0.2, 0.25) is 0 Å². The summed E-state index contributed by atoms with van der Waals surface area (Å²) in [4.78, 5) is 22.3. The molecule has 0 radical (unpaired) electrons. The molecule has 92 valence electrons. The van der Waals surface area contributed by atoms with Crippen molar-refractivity contribution in [1.29, 1.82) is 0 Å². The van der Waals surface area contributed by atoms with Gasteiger partial charge in [0.15, 0.2) is 6.10 Å². The number of methoxy groups -OCH3 is 1. The van der Waals surface area contributed by atoms with Crippen LogP contribution in [0.5, 0.6) is 5.75 Å². The van der Waals surface area contributed by atoms with Gasteiger partial charge in [-0.05, 0) is 19.1 Å². The number of hydrogen-bond acceptors (Lipinski definition) is 4. The van der Waals surface area contributed by atoms with Gasteiger partial charge in [-0.25, -0.2) is 0 Å². The van der Waals surface area contributed by atoms with Crippen molar-refractivity contribution < 1.29 is 19.1 Å². The summed E-state index contributed by atoms with van der Waals surface area (Å²) in [6.45, 7) is 1.46. The molecule has 5 nitrogen and oxygen atoms in total. The second-order valence-corrected chi connectivity index (χ2v) is 3.37.